The Balaban J connectivity index is 2.18. The third-order valence-corrected chi connectivity index (χ3v) is 3.98. The molecule has 0 radical (unpaired) electrons. The monoisotopic (exact) mass is 337 g/mol. The molecule has 0 saturated heterocycles. The Morgan fingerprint density at radius 3 is 2.80 bits per heavy atom. The smallest absolute Gasteiger partial charge is 0.270 e. The van der Waals surface area contributed by atoms with Crippen LogP contribution in [0.5, 0.6) is 0 Å². The van der Waals surface area contributed by atoms with Crippen LogP contribution in [0.3, 0.4) is 0 Å². The number of non-ortho nitro benzene ring substituents is 1. The fourth-order valence-corrected chi connectivity index (χ4v) is 2.48. The number of aromatic nitrogens is 1. The van der Waals surface area contributed by atoms with Crippen molar-refractivity contribution in [2.75, 3.05) is 0 Å². The molecule has 0 amide bonds. The molecule has 0 spiro atoms. The van der Waals surface area contributed by atoms with E-state index >= 15 is 0 Å². The van der Waals surface area contributed by atoms with Gasteiger partial charge in [-0.15, -0.1) is 0 Å². The molecule has 1 aromatic carbocycles. The van der Waals surface area contributed by atoms with Gasteiger partial charge in [0.05, 0.1) is 4.92 Å². The van der Waals surface area contributed by atoms with Crippen LogP contribution in [0.2, 0.25) is 0 Å². The van der Waals surface area contributed by atoms with E-state index in [4.69, 9.17) is 5.73 Å². The van der Waals surface area contributed by atoms with Gasteiger partial charge in [0.2, 0.25) is 0 Å². The minimum atomic E-state index is -0.400. The summed E-state index contributed by atoms with van der Waals surface area (Å²) in [5.41, 5.74) is 8.16. The zero-order valence-corrected chi connectivity index (χ0v) is 12.7. The molecule has 2 N–H and O–H groups in total. The van der Waals surface area contributed by atoms with E-state index in [2.05, 4.69) is 22.9 Å². The van der Waals surface area contributed by atoms with Gasteiger partial charge >= 0.3 is 0 Å². The number of nitro groups is 1. The van der Waals surface area contributed by atoms with Crippen molar-refractivity contribution in [3.63, 3.8) is 0 Å². The molecule has 1 aromatic heterocycles. The van der Waals surface area contributed by atoms with Gasteiger partial charge in [-0.05, 0) is 29.7 Å². The Morgan fingerprint density at radius 1 is 1.45 bits per heavy atom. The summed E-state index contributed by atoms with van der Waals surface area (Å²) in [5.74, 6) is 0. The average molecular weight is 338 g/mol. The van der Waals surface area contributed by atoms with Gasteiger partial charge < -0.3 is 10.3 Å². The van der Waals surface area contributed by atoms with E-state index in [0.29, 0.717) is 6.54 Å². The molecule has 0 aliphatic rings. The SMILES string of the molecule is CCC(N)c1ccn(Cc2ccc([N+](=O)[O-])cc2Br)c1. The van der Waals surface area contributed by atoms with Crippen LogP contribution in [0.15, 0.2) is 41.1 Å². The fraction of sp³-hybridized carbons (Fsp3) is 0.286. The predicted molar refractivity (Wildman–Crippen MR) is 81.5 cm³/mol. The number of halogens is 1. The minimum absolute atomic E-state index is 0.0524. The molecule has 0 fully saturated rings. The quantitative estimate of drug-likeness (QED) is 0.668. The maximum Gasteiger partial charge on any atom is 0.270 e. The Kier molecular flexibility index (Phi) is 4.57. The van der Waals surface area contributed by atoms with E-state index in [1.54, 1.807) is 6.07 Å². The number of benzene rings is 1. The van der Waals surface area contributed by atoms with Crippen LogP contribution >= 0.6 is 15.9 Å². The molecule has 5 nitrogen and oxygen atoms in total. The van der Waals surface area contributed by atoms with Gasteiger partial charge in [0, 0.05) is 41.6 Å². The van der Waals surface area contributed by atoms with Crippen LogP contribution in [0.25, 0.3) is 0 Å². The molecule has 2 rings (SSSR count). The highest BCUT2D eigenvalue weighted by atomic mass is 79.9. The Morgan fingerprint density at radius 2 is 2.20 bits per heavy atom. The van der Waals surface area contributed by atoms with Crippen molar-refractivity contribution in [2.45, 2.75) is 25.9 Å². The van der Waals surface area contributed by atoms with E-state index in [9.17, 15) is 10.1 Å². The standard InChI is InChI=1S/C14H16BrN3O2/c1-2-14(16)11-5-6-17(9-11)8-10-3-4-12(18(19)20)7-13(10)15/h3-7,9,14H,2,8,16H2,1H3. The van der Waals surface area contributed by atoms with Crippen LogP contribution in [-0.4, -0.2) is 9.49 Å². The molecule has 0 bridgehead atoms. The summed E-state index contributed by atoms with van der Waals surface area (Å²) in [6.45, 7) is 2.70. The lowest BCUT2D eigenvalue weighted by atomic mass is 10.1. The average Bonchev–Trinajstić information content (AvgIpc) is 2.88. The first-order valence-electron chi connectivity index (χ1n) is 6.35. The third kappa shape index (κ3) is 3.26. The second kappa shape index (κ2) is 6.19. The van der Waals surface area contributed by atoms with Crippen LogP contribution in [0.1, 0.15) is 30.5 Å². The summed E-state index contributed by atoms with van der Waals surface area (Å²) in [6.07, 6.45) is 4.88. The highest BCUT2D eigenvalue weighted by Gasteiger charge is 2.10. The highest BCUT2D eigenvalue weighted by Crippen LogP contribution is 2.24. The lowest BCUT2D eigenvalue weighted by Gasteiger charge is -2.07. The molecule has 6 heteroatoms. The van der Waals surface area contributed by atoms with E-state index in [1.165, 1.54) is 12.1 Å². The van der Waals surface area contributed by atoms with Crippen LogP contribution < -0.4 is 5.73 Å². The molecule has 0 saturated carbocycles. The summed E-state index contributed by atoms with van der Waals surface area (Å²) in [5, 5.41) is 10.7. The molecule has 1 heterocycles. The topological polar surface area (TPSA) is 74.1 Å². The summed E-state index contributed by atoms with van der Waals surface area (Å²) < 4.78 is 2.76. The molecule has 20 heavy (non-hydrogen) atoms. The maximum absolute atomic E-state index is 10.7. The largest absolute Gasteiger partial charge is 0.350 e. The van der Waals surface area contributed by atoms with Gasteiger partial charge in [-0.2, -0.15) is 0 Å². The Labute approximate surface area is 125 Å². The third-order valence-electron chi connectivity index (χ3n) is 3.24. The molecule has 1 atom stereocenters. The second-order valence-electron chi connectivity index (χ2n) is 4.66. The van der Waals surface area contributed by atoms with Gasteiger partial charge in [-0.25, -0.2) is 0 Å². The van der Waals surface area contributed by atoms with Gasteiger partial charge in [-0.1, -0.05) is 22.9 Å². The fourth-order valence-electron chi connectivity index (χ4n) is 1.99. The van der Waals surface area contributed by atoms with E-state index in [-0.39, 0.29) is 11.7 Å². The lowest BCUT2D eigenvalue weighted by molar-refractivity contribution is -0.384. The first-order chi connectivity index (χ1) is 9.51. The first-order valence-corrected chi connectivity index (χ1v) is 7.14. The highest BCUT2D eigenvalue weighted by molar-refractivity contribution is 9.10. The van der Waals surface area contributed by atoms with Gasteiger partial charge in [-0.3, -0.25) is 10.1 Å². The van der Waals surface area contributed by atoms with Gasteiger partial charge in [0.15, 0.2) is 0 Å². The summed E-state index contributed by atoms with van der Waals surface area (Å²) in [4.78, 5) is 10.3. The number of nitro benzene ring substituents is 1. The van der Waals surface area contributed by atoms with E-state index in [1.807, 2.05) is 23.0 Å². The van der Waals surface area contributed by atoms with Gasteiger partial charge in [0.1, 0.15) is 0 Å². The summed E-state index contributed by atoms with van der Waals surface area (Å²) in [6, 6.07) is 6.87. The number of nitrogens with two attached hydrogens (primary N) is 1. The first kappa shape index (κ1) is 14.7. The lowest BCUT2D eigenvalue weighted by Crippen LogP contribution is -2.07. The Bertz CT molecular complexity index is 625. The molecule has 0 aliphatic heterocycles. The molecular weight excluding hydrogens is 322 g/mol. The number of rotatable bonds is 5. The van der Waals surface area contributed by atoms with E-state index in [0.717, 1.165) is 22.0 Å². The molecular formula is C14H16BrN3O2. The van der Waals surface area contributed by atoms with Crippen molar-refractivity contribution in [2.24, 2.45) is 5.73 Å². The molecule has 106 valence electrons. The zero-order valence-electron chi connectivity index (χ0n) is 11.1. The Hall–Kier alpha value is -1.66. The van der Waals surface area contributed by atoms with Crippen molar-refractivity contribution >= 4 is 21.6 Å². The second-order valence-corrected chi connectivity index (χ2v) is 5.52. The summed E-state index contributed by atoms with van der Waals surface area (Å²) >= 11 is 3.38. The molecule has 2 aromatic rings. The zero-order chi connectivity index (χ0) is 14.7. The van der Waals surface area contributed by atoms with Crippen molar-refractivity contribution in [3.8, 4) is 0 Å². The predicted octanol–water partition coefficient (Wildman–Crippen LogP) is 3.62. The minimum Gasteiger partial charge on any atom is -0.350 e. The van der Waals surface area contributed by atoms with Crippen LogP contribution in [0, 0.1) is 10.1 Å². The van der Waals surface area contributed by atoms with Crippen molar-refractivity contribution in [3.05, 3.63) is 62.4 Å². The number of hydrogen-bond donors (Lipinski definition) is 1. The van der Waals surface area contributed by atoms with E-state index < -0.39 is 4.92 Å². The van der Waals surface area contributed by atoms with Crippen LogP contribution in [0.4, 0.5) is 5.69 Å². The van der Waals surface area contributed by atoms with Gasteiger partial charge in [0.25, 0.3) is 5.69 Å². The van der Waals surface area contributed by atoms with Crippen molar-refractivity contribution in [1.29, 1.82) is 0 Å². The maximum atomic E-state index is 10.7. The molecule has 1 unspecified atom stereocenters. The van der Waals surface area contributed by atoms with Crippen LogP contribution in [-0.2, 0) is 6.54 Å². The summed E-state index contributed by atoms with van der Waals surface area (Å²) in [7, 11) is 0. The van der Waals surface area contributed by atoms with Crippen molar-refractivity contribution < 1.29 is 4.92 Å². The number of nitrogens with zero attached hydrogens (tertiary/aromatic N) is 2. The normalized spacial score (nSPS) is 12.3. The van der Waals surface area contributed by atoms with Crippen molar-refractivity contribution in [1.82, 2.24) is 4.57 Å². The molecule has 0 aliphatic carbocycles. The number of hydrogen-bond acceptors (Lipinski definition) is 3.